The third-order valence-corrected chi connectivity index (χ3v) is 3.84. The molecule has 0 aromatic rings. The van der Waals surface area contributed by atoms with Gasteiger partial charge in [0.25, 0.3) is 0 Å². The highest BCUT2D eigenvalue weighted by Crippen LogP contribution is 2.30. The van der Waals surface area contributed by atoms with E-state index in [0.717, 1.165) is 0 Å². The number of urea groups is 1. The molecular formula is C12H21N3O4. The van der Waals surface area contributed by atoms with Gasteiger partial charge >= 0.3 is 12.0 Å². The van der Waals surface area contributed by atoms with Gasteiger partial charge in [-0.05, 0) is 27.7 Å². The number of carboxylic acid groups (broad SMARTS) is 1. The van der Waals surface area contributed by atoms with Crippen LogP contribution in [0.1, 0.15) is 27.7 Å². The number of nitrogens with one attached hydrogen (secondary N) is 2. The minimum Gasteiger partial charge on any atom is -0.481 e. The summed E-state index contributed by atoms with van der Waals surface area (Å²) in [5, 5.41) is 14.5. The Kier molecular flexibility index (Phi) is 4.07. The Morgan fingerprint density at radius 1 is 1.32 bits per heavy atom. The number of piperazine rings is 1. The first-order valence-electron chi connectivity index (χ1n) is 6.15. The van der Waals surface area contributed by atoms with E-state index < -0.39 is 23.0 Å². The molecule has 3 N–H and O–H groups in total. The average Bonchev–Trinajstić information content (AvgIpc) is 2.27. The number of carboxylic acids is 1. The van der Waals surface area contributed by atoms with Crippen LogP contribution < -0.4 is 10.6 Å². The highest BCUT2D eigenvalue weighted by molar-refractivity contribution is 5.86. The number of hydrogen-bond donors (Lipinski definition) is 3. The highest BCUT2D eigenvalue weighted by atomic mass is 16.4. The molecule has 3 amide bonds. The Balaban J connectivity index is 2.75. The van der Waals surface area contributed by atoms with Crippen molar-refractivity contribution in [1.82, 2.24) is 15.5 Å². The quantitative estimate of drug-likeness (QED) is 0.673. The Hall–Kier alpha value is -1.79. The van der Waals surface area contributed by atoms with Gasteiger partial charge in [-0.3, -0.25) is 9.59 Å². The fourth-order valence-corrected chi connectivity index (χ4v) is 1.58. The van der Waals surface area contributed by atoms with Crippen LogP contribution >= 0.6 is 0 Å². The van der Waals surface area contributed by atoms with Crippen LogP contribution in [0.3, 0.4) is 0 Å². The molecule has 0 radical (unpaired) electrons. The van der Waals surface area contributed by atoms with Gasteiger partial charge in [0.15, 0.2) is 0 Å². The van der Waals surface area contributed by atoms with E-state index in [0.29, 0.717) is 13.1 Å². The van der Waals surface area contributed by atoms with E-state index in [1.54, 1.807) is 27.7 Å². The zero-order valence-corrected chi connectivity index (χ0v) is 11.7. The van der Waals surface area contributed by atoms with E-state index in [4.69, 9.17) is 0 Å². The first-order chi connectivity index (χ1) is 8.58. The molecule has 7 nitrogen and oxygen atoms in total. The van der Waals surface area contributed by atoms with Crippen LogP contribution in [-0.4, -0.2) is 53.1 Å². The molecule has 1 aliphatic heterocycles. The van der Waals surface area contributed by atoms with Gasteiger partial charge in [0.1, 0.15) is 6.54 Å². The van der Waals surface area contributed by atoms with Crippen molar-refractivity contribution in [3.63, 3.8) is 0 Å². The van der Waals surface area contributed by atoms with Crippen molar-refractivity contribution >= 4 is 17.9 Å². The zero-order valence-electron chi connectivity index (χ0n) is 11.7. The number of carbonyl (C=O) groups is 3. The van der Waals surface area contributed by atoms with Crippen molar-refractivity contribution in [1.29, 1.82) is 0 Å². The summed E-state index contributed by atoms with van der Waals surface area (Å²) >= 11 is 0. The van der Waals surface area contributed by atoms with Gasteiger partial charge in [0, 0.05) is 13.1 Å². The second-order valence-electron chi connectivity index (χ2n) is 5.76. The lowest BCUT2D eigenvalue weighted by molar-refractivity contribution is -0.150. The normalized spacial score (nSPS) is 16.8. The second kappa shape index (κ2) is 5.07. The van der Waals surface area contributed by atoms with Gasteiger partial charge in [-0.2, -0.15) is 0 Å². The SMILES string of the molecule is CC(C)(NC(=O)N1CCNC(=O)C1)C(C)(C)C(=O)O. The Morgan fingerprint density at radius 2 is 1.89 bits per heavy atom. The van der Waals surface area contributed by atoms with E-state index in [1.165, 1.54) is 4.90 Å². The summed E-state index contributed by atoms with van der Waals surface area (Å²) in [7, 11) is 0. The molecule has 0 bridgehead atoms. The van der Waals surface area contributed by atoms with Crippen LogP contribution in [0, 0.1) is 5.41 Å². The standard InChI is InChI=1S/C12H21N3O4/c1-11(2,9(17)18)12(3,4)14-10(19)15-6-5-13-8(16)7-15/h5-7H2,1-4H3,(H,13,16)(H,14,19)(H,17,18). The molecule has 0 aromatic heterocycles. The third kappa shape index (κ3) is 3.15. The Morgan fingerprint density at radius 3 is 2.37 bits per heavy atom. The number of aliphatic carboxylic acids is 1. The van der Waals surface area contributed by atoms with Crippen molar-refractivity contribution in [2.24, 2.45) is 5.41 Å². The first-order valence-corrected chi connectivity index (χ1v) is 6.15. The van der Waals surface area contributed by atoms with E-state index >= 15 is 0 Å². The monoisotopic (exact) mass is 271 g/mol. The fourth-order valence-electron chi connectivity index (χ4n) is 1.58. The first kappa shape index (κ1) is 15.3. The largest absolute Gasteiger partial charge is 0.481 e. The average molecular weight is 271 g/mol. The number of amides is 3. The van der Waals surface area contributed by atoms with E-state index in [9.17, 15) is 19.5 Å². The molecule has 1 rings (SSSR count). The van der Waals surface area contributed by atoms with Crippen LogP contribution in [0.15, 0.2) is 0 Å². The lowest BCUT2D eigenvalue weighted by atomic mass is 9.74. The van der Waals surface area contributed by atoms with Crippen molar-refractivity contribution in [2.75, 3.05) is 19.6 Å². The molecule has 0 aliphatic carbocycles. The maximum absolute atomic E-state index is 12.1. The Labute approximate surface area is 112 Å². The molecule has 0 saturated carbocycles. The molecule has 19 heavy (non-hydrogen) atoms. The third-order valence-electron chi connectivity index (χ3n) is 3.84. The molecule has 1 heterocycles. The predicted octanol–water partition coefficient (Wildman–Crippen LogP) is 0.0172. The van der Waals surface area contributed by atoms with E-state index in [2.05, 4.69) is 10.6 Å². The van der Waals surface area contributed by atoms with Gasteiger partial charge in [-0.25, -0.2) is 4.79 Å². The summed E-state index contributed by atoms with van der Waals surface area (Å²) in [5.41, 5.74) is -2.06. The second-order valence-corrected chi connectivity index (χ2v) is 5.76. The number of nitrogens with zero attached hydrogens (tertiary/aromatic N) is 1. The smallest absolute Gasteiger partial charge is 0.318 e. The van der Waals surface area contributed by atoms with Crippen LogP contribution in [-0.2, 0) is 9.59 Å². The van der Waals surface area contributed by atoms with Crippen LogP contribution in [0.5, 0.6) is 0 Å². The number of hydrogen-bond acceptors (Lipinski definition) is 3. The van der Waals surface area contributed by atoms with E-state index in [-0.39, 0.29) is 12.5 Å². The van der Waals surface area contributed by atoms with Crippen molar-refractivity contribution < 1.29 is 19.5 Å². The molecule has 0 aromatic carbocycles. The molecule has 1 aliphatic rings. The molecular weight excluding hydrogens is 250 g/mol. The van der Waals surface area contributed by atoms with Crippen LogP contribution in [0.25, 0.3) is 0 Å². The van der Waals surface area contributed by atoms with Crippen LogP contribution in [0.4, 0.5) is 4.79 Å². The summed E-state index contributed by atoms with van der Waals surface area (Å²) in [6.07, 6.45) is 0. The predicted molar refractivity (Wildman–Crippen MR) is 68.6 cm³/mol. The molecule has 1 fully saturated rings. The Bertz CT molecular complexity index is 404. The molecule has 7 heteroatoms. The summed E-state index contributed by atoms with van der Waals surface area (Å²) < 4.78 is 0. The minimum atomic E-state index is -1.12. The van der Waals surface area contributed by atoms with E-state index in [1.807, 2.05) is 0 Å². The zero-order chi connectivity index (χ0) is 14.8. The van der Waals surface area contributed by atoms with Gasteiger partial charge in [-0.1, -0.05) is 0 Å². The lowest BCUT2D eigenvalue weighted by Crippen LogP contribution is -2.62. The summed E-state index contributed by atoms with van der Waals surface area (Å²) in [6, 6.07) is -0.422. The summed E-state index contributed by atoms with van der Waals surface area (Å²) in [4.78, 5) is 35.9. The van der Waals surface area contributed by atoms with Crippen LogP contribution in [0.2, 0.25) is 0 Å². The number of carbonyl (C=O) groups excluding carboxylic acids is 2. The van der Waals surface area contributed by atoms with Crippen molar-refractivity contribution in [3.05, 3.63) is 0 Å². The van der Waals surface area contributed by atoms with Gasteiger partial charge in [0.2, 0.25) is 5.91 Å². The number of rotatable bonds is 3. The maximum Gasteiger partial charge on any atom is 0.318 e. The molecule has 0 spiro atoms. The van der Waals surface area contributed by atoms with Crippen molar-refractivity contribution in [2.45, 2.75) is 33.2 Å². The fraction of sp³-hybridized carbons (Fsp3) is 0.750. The van der Waals surface area contributed by atoms with Gasteiger partial charge in [-0.15, -0.1) is 0 Å². The molecule has 1 saturated heterocycles. The van der Waals surface area contributed by atoms with Gasteiger partial charge in [0.05, 0.1) is 11.0 Å². The minimum absolute atomic E-state index is 0.00455. The van der Waals surface area contributed by atoms with Gasteiger partial charge < -0.3 is 20.6 Å². The summed E-state index contributed by atoms with van der Waals surface area (Å²) in [6.45, 7) is 7.24. The van der Waals surface area contributed by atoms with Crippen molar-refractivity contribution in [3.8, 4) is 0 Å². The highest BCUT2D eigenvalue weighted by Gasteiger charge is 2.45. The maximum atomic E-state index is 12.1. The molecule has 0 atom stereocenters. The topological polar surface area (TPSA) is 98.7 Å². The summed E-state index contributed by atoms with van der Waals surface area (Å²) in [5.74, 6) is -1.20. The molecule has 0 unspecified atom stereocenters. The molecule has 108 valence electrons. The lowest BCUT2D eigenvalue weighted by Gasteiger charge is -2.40.